The Morgan fingerprint density at radius 2 is 1.68 bits per heavy atom. The fraction of sp³-hybridized carbons (Fsp3) is 0.0769. The Kier molecular flexibility index (Phi) is 3.08. The van der Waals surface area contributed by atoms with E-state index in [1.807, 2.05) is 24.3 Å². The van der Waals surface area contributed by atoms with Gasteiger partial charge in [0, 0.05) is 5.56 Å². The van der Waals surface area contributed by atoms with E-state index < -0.39 is 0 Å². The molecule has 0 spiro atoms. The van der Waals surface area contributed by atoms with Gasteiger partial charge in [-0.15, -0.1) is 10.2 Å². The normalized spacial score (nSPS) is 10.6. The smallest absolute Gasteiger partial charge is 0.283 e. The molecule has 5 nitrogen and oxygen atoms in total. The predicted molar refractivity (Wildman–Crippen MR) is 71.7 cm³/mol. The van der Waals surface area contributed by atoms with Crippen LogP contribution in [-0.2, 0) is 0 Å². The first-order chi connectivity index (χ1) is 9.26. The largest absolute Gasteiger partial charge is 0.497 e. The van der Waals surface area contributed by atoms with Crippen LogP contribution in [0.15, 0.2) is 49.9 Å². The summed E-state index contributed by atoms with van der Waals surface area (Å²) in [6, 6.07) is 10.9. The Bertz CT molecular complexity index is 688. The summed E-state index contributed by atoms with van der Waals surface area (Å²) in [7, 11) is 1.62. The van der Waals surface area contributed by atoms with Gasteiger partial charge < -0.3 is 13.6 Å². The molecule has 3 aromatic rings. The standard InChI is InChI=1S/C13H9BrN2O3/c1-17-9-4-2-8(3-5-9)12-15-16-13(19-12)10-6-7-11(14)18-10/h2-7H,1H3. The molecule has 2 heterocycles. The van der Waals surface area contributed by atoms with Gasteiger partial charge >= 0.3 is 0 Å². The highest BCUT2D eigenvalue weighted by atomic mass is 79.9. The Labute approximate surface area is 117 Å². The number of aromatic nitrogens is 2. The number of ether oxygens (including phenoxy) is 1. The fourth-order valence-electron chi connectivity index (χ4n) is 1.60. The summed E-state index contributed by atoms with van der Waals surface area (Å²) in [5, 5.41) is 7.95. The van der Waals surface area contributed by atoms with Crippen molar-refractivity contribution in [2.75, 3.05) is 7.11 Å². The van der Waals surface area contributed by atoms with Crippen LogP contribution in [0.25, 0.3) is 23.1 Å². The van der Waals surface area contributed by atoms with Gasteiger partial charge in [-0.3, -0.25) is 0 Å². The molecule has 0 aliphatic heterocycles. The minimum atomic E-state index is 0.344. The van der Waals surface area contributed by atoms with Crippen LogP contribution in [0.4, 0.5) is 0 Å². The third-order valence-corrected chi connectivity index (χ3v) is 2.97. The number of furan rings is 1. The molecular weight excluding hydrogens is 312 g/mol. The lowest BCUT2D eigenvalue weighted by Gasteiger charge is -1.99. The molecule has 96 valence electrons. The van der Waals surface area contributed by atoms with E-state index >= 15 is 0 Å². The molecule has 0 aliphatic rings. The topological polar surface area (TPSA) is 61.3 Å². The lowest BCUT2D eigenvalue weighted by molar-refractivity contribution is 0.415. The van der Waals surface area contributed by atoms with Crippen LogP contribution in [0, 0.1) is 0 Å². The van der Waals surface area contributed by atoms with Crippen molar-refractivity contribution >= 4 is 15.9 Å². The monoisotopic (exact) mass is 320 g/mol. The summed E-state index contributed by atoms with van der Waals surface area (Å²) in [4.78, 5) is 0. The van der Waals surface area contributed by atoms with Crippen LogP contribution in [0.5, 0.6) is 5.75 Å². The third kappa shape index (κ3) is 2.39. The van der Waals surface area contributed by atoms with Crippen LogP contribution in [0.1, 0.15) is 0 Å². The van der Waals surface area contributed by atoms with Crippen molar-refractivity contribution in [3.8, 4) is 28.9 Å². The molecule has 0 atom stereocenters. The molecule has 0 N–H and O–H groups in total. The van der Waals surface area contributed by atoms with Crippen molar-refractivity contribution in [1.29, 1.82) is 0 Å². The van der Waals surface area contributed by atoms with Gasteiger partial charge in [-0.2, -0.15) is 0 Å². The molecule has 0 unspecified atom stereocenters. The summed E-state index contributed by atoms with van der Waals surface area (Å²) in [5.74, 6) is 2.08. The van der Waals surface area contributed by atoms with E-state index in [9.17, 15) is 0 Å². The maximum Gasteiger partial charge on any atom is 0.283 e. The SMILES string of the molecule is COc1ccc(-c2nnc(-c3ccc(Br)o3)o2)cc1. The quantitative estimate of drug-likeness (QED) is 0.735. The summed E-state index contributed by atoms with van der Waals surface area (Å²) < 4.78 is 16.6. The molecule has 0 amide bonds. The predicted octanol–water partition coefficient (Wildman–Crippen LogP) is 3.77. The van der Waals surface area contributed by atoms with E-state index in [0.29, 0.717) is 22.2 Å². The van der Waals surface area contributed by atoms with Crippen LogP contribution >= 0.6 is 15.9 Å². The van der Waals surface area contributed by atoms with Crippen LogP contribution < -0.4 is 4.74 Å². The van der Waals surface area contributed by atoms with E-state index in [-0.39, 0.29) is 0 Å². The fourth-order valence-corrected chi connectivity index (χ4v) is 1.91. The first-order valence-corrected chi connectivity index (χ1v) is 6.29. The van der Waals surface area contributed by atoms with Gasteiger partial charge in [-0.05, 0) is 52.3 Å². The van der Waals surface area contributed by atoms with Crippen molar-refractivity contribution < 1.29 is 13.6 Å². The van der Waals surface area contributed by atoms with Gasteiger partial charge in [0.05, 0.1) is 7.11 Å². The number of rotatable bonds is 3. The molecule has 0 radical (unpaired) electrons. The summed E-state index contributed by atoms with van der Waals surface area (Å²) in [5.41, 5.74) is 0.824. The number of benzene rings is 1. The van der Waals surface area contributed by atoms with E-state index in [4.69, 9.17) is 13.6 Å². The molecule has 3 rings (SSSR count). The Morgan fingerprint density at radius 1 is 0.947 bits per heavy atom. The summed E-state index contributed by atoms with van der Waals surface area (Å²) in [6.07, 6.45) is 0. The van der Waals surface area contributed by atoms with Crippen molar-refractivity contribution in [2.24, 2.45) is 0 Å². The van der Waals surface area contributed by atoms with Gasteiger partial charge in [-0.25, -0.2) is 0 Å². The molecular formula is C13H9BrN2O3. The third-order valence-electron chi connectivity index (χ3n) is 2.55. The van der Waals surface area contributed by atoms with Crippen molar-refractivity contribution in [1.82, 2.24) is 10.2 Å². The van der Waals surface area contributed by atoms with Crippen LogP contribution in [0.2, 0.25) is 0 Å². The lowest BCUT2D eigenvalue weighted by atomic mass is 10.2. The maximum atomic E-state index is 5.56. The van der Waals surface area contributed by atoms with E-state index in [1.54, 1.807) is 19.2 Å². The number of hydrogen-bond acceptors (Lipinski definition) is 5. The second kappa shape index (κ2) is 4.89. The second-order valence-corrected chi connectivity index (χ2v) is 4.53. The zero-order chi connectivity index (χ0) is 13.2. The van der Waals surface area contributed by atoms with E-state index in [2.05, 4.69) is 26.1 Å². The minimum Gasteiger partial charge on any atom is -0.497 e. The minimum absolute atomic E-state index is 0.344. The van der Waals surface area contributed by atoms with Crippen LogP contribution in [0.3, 0.4) is 0 Å². The zero-order valence-corrected chi connectivity index (χ0v) is 11.5. The number of halogens is 1. The Balaban J connectivity index is 1.91. The lowest BCUT2D eigenvalue weighted by Crippen LogP contribution is -1.82. The first-order valence-electron chi connectivity index (χ1n) is 5.50. The Morgan fingerprint density at radius 3 is 2.32 bits per heavy atom. The highest BCUT2D eigenvalue weighted by Gasteiger charge is 2.13. The molecule has 0 fully saturated rings. The molecule has 19 heavy (non-hydrogen) atoms. The second-order valence-electron chi connectivity index (χ2n) is 3.74. The van der Waals surface area contributed by atoms with Gasteiger partial charge in [0.1, 0.15) is 5.75 Å². The molecule has 0 saturated carbocycles. The molecule has 1 aromatic carbocycles. The van der Waals surface area contributed by atoms with E-state index in [1.165, 1.54) is 0 Å². The van der Waals surface area contributed by atoms with Crippen molar-refractivity contribution in [3.05, 3.63) is 41.1 Å². The highest BCUT2D eigenvalue weighted by Crippen LogP contribution is 2.27. The highest BCUT2D eigenvalue weighted by molar-refractivity contribution is 9.10. The van der Waals surface area contributed by atoms with Crippen molar-refractivity contribution in [3.63, 3.8) is 0 Å². The Hall–Kier alpha value is -2.08. The number of hydrogen-bond donors (Lipinski definition) is 0. The first kappa shape index (κ1) is 12.0. The molecule has 0 bridgehead atoms. The summed E-state index contributed by atoms with van der Waals surface area (Å²) >= 11 is 3.23. The number of methoxy groups -OCH3 is 1. The van der Waals surface area contributed by atoms with Crippen molar-refractivity contribution in [2.45, 2.75) is 0 Å². The average Bonchev–Trinajstić information content (AvgIpc) is 3.07. The summed E-state index contributed by atoms with van der Waals surface area (Å²) in [6.45, 7) is 0. The maximum absolute atomic E-state index is 5.56. The molecule has 6 heteroatoms. The average molecular weight is 321 g/mol. The van der Waals surface area contributed by atoms with Gasteiger partial charge in [0.2, 0.25) is 5.89 Å². The van der Waals surface area contributed by atoms with Gasteiger partial charge in [-0.1, -0.05) is 0 Å². The molecule has 0 saturated heterocycles. The van der Waals surface area contributed by atoms with E-state index in [0.717, 1.165) is 11.3 Å². The molecule has 0 aliphatic carbocycles. The van der Waals surface area contributed by atoms with Gasteiger partial charge in [0.15, 0.2) is 10.4 Å². The van der Waals surface area contributed by atoms with Crippen LogP contribution in [-0.4, -0.2) is 17.3 Å². The van der Waals surface area contributed by atoms with Gasteiger partial charge in [0.25, 0.3) is 5.89 Å². The zero-order valence-electron chi connectivity index (χ0n) is 9.96. The number of nitrogens with zero attached hydrogens (tertiary/aromatic N) is 2. The molecule has 2 aromatic heterocycles.